The lowest BCUT2D eigenvalue weighted by Gasteiger charge is -2.34. The zero-order valence-electron chi connectivity index (χ0n) is 17.5. The van der Waals surface area contributed by atoms with E-state index >= 15 is 0 Å². The van der Waals surface area contributed by atoms with Gasteiger partial charge >= 0.3 is 0 Å². The molecule has 0 saturated carbocycles. The van der Waals surface area contributed by atoms with Gasteiger partial charge in [-0.2, -0.15) is 5.26 Å². The topological polar surface area (TPSA) is 47.6 Å². The summed E-state index contributed by atoms with van der Waals surface area (Å²) in [5, 5.41) is 9.20. The molecule has 5 rings (SSSR count). The predicted molar refractivity (Wildman–Crippen MR) is 121 cm³/mol. The van der Waals surface area contributed by atoms with Crippen LogP contribution in [0.25, 0.3) is 22.3 Å². The molecule has 3 aromatic rings. The molecule has 0 amide bonds. The van der Waals surface area contributed by atoms with Crippen molar-refractivity contribution < 1.29 is 4.39 Å². The summed E-state index contributed by atoms with van der Waals surface area (Å²) >= 11 is 0. The van der Waals surface area contributed by atoms with E-state index in [-0.39, 0.29) is 5.83 Å². The van der Waals surface area contributed by atoms with Gasteiger partial charge in [0.25, 0.3) is 0 Å². The molecule has 156 valence electrons. The van der Waals surface area contributed by atoms with E-state index in [0.717, 1.165) is 54.2 Å². The first kappa shape index (κ1) is 19.5. The van der Waals surface area contributed by atoms with E-state index in [9.17, 15) is 9.65 Å². The van der Waals surface area contributed by atoms with Crippen LogP contribution in [0.2, 0.25) is 0 Å². The van der Waals surface area contributed by atoms with Gasteiger partial charge < -0.3 is 9.80 Å². The fraction of sp³-hybridized carbons (Fsp3) is 0.280. The minimum absolute atomic E-state index is 0.361. The molecule has 5 nitrogen and oxygen atoms in total. The molecule has 6 heteroatoms. The Morgan fingerprint density at radius 1 is 1.06 bits per heavy atom. The maximum atomic E-state index is 13.9. The fourth-order valence-corrected chi connectivity index (χ4v) is 4.35. The molecule has 0 bridgehead atoms. The highest BCUT2D eigenvalue weighted by Crippen LogP contribution is 2.32. The van der Waals surface area contributed by atoms with Gasteiger partial charge in [-0.3, -0.25) is 4.40 Å². The van der Waals surface area contributed by atoms with Crippen LogP contribution in [-0.4, -0.2) is 47.5 Å². The molecule has 2 aromatic heterocycles. The van der Waals surface area contributed by atoms with Crippen molar-refractivity contribution >= 4 is 16.9 Å². The Morgan fingerprint density at radius 3 is 2.58 bits per heavy atom. The van der Waals surface area contributed by atoms with Gasteiger partial charge in [-0.15, -0.1) is 0 Å². The molecule has 1 unspecified atom stereocenters. The molecule has 1 aliphatic carbocycles. The zero-order valence-corrected chi connectivity index (χ0v) is 17.5. The number of piperazine rings is 1. The number of nitrogens with zero attached hydrogens (tertiary/aromatic N) is 5. The number of likely N-dealkylation sites (N-methyl/N-ethyl adjacent to an activating group) is 1. The molecule has 0 spiro atoms. The standard InChI is InChI=1S/C25H24FN5/c1-29-8-10-30(11-9-29)23-4-2-19(3-5-23)20-6-7-31-24(17-28-25(31)15-20)21-12-18(16-27)13-22(26)14-21/h2-7,13-15,17-18H,8-12H2,1H3. The summed E-state index contributed by atoms with van der Waals surface area (Å²) in [6, 6.07) is 14.9. The first-order valence-corrected chi connectivity index (χ1v) is 10.6. The number of aromatic nitrogens is 2. The number of hydrogen-bond donors (Lipinski definition) is 0. The highest BCUT2D eigenvalue weighted by atomic mass is 19.1. The second-order valence-corrected chi connectivity index (χ2v) is 8.29. The first-order valence-electron chi connectivity index (χ1n) is 10.6. The minimum Gasteiger partial charge on any atom is -0.369 e. The van der Waals surface area contributed by atoms with E-state index in [0.29, 0.717) is 6.42 Å². The van der Waals surface area contributed by atoms with Crippen LogP contribution in [0.4, 0.5) is 10.1 Å². The number of nitriles is 1. The molecule has 0 radical (unpaired) electrons. The molecule has 1 aromatic carbocycles. The van der Waals surface area contributed by atoms with Gasteiger partial charge in [0.05, 0.1) is 23.9 Å². The van der Waals surface area contributed by atoms with Gasteiger partial charge in [-0.1, -0.05) is 12.1 Å². The van der Waals surface area contributed by atoms with Crippen LogP contribution in [-0.2, 0) is 0 Å². The number of allylic oxidation sites excluding steroid dienone is 4. The molecule has 2 aliphatic rings. The van der Waals surface area contributed by atoms with E-state index in [1.54, 1.807) is 6.20 Å². The second-order valence-electron chi connectivity index (χ2n) is 8.29. The largest absolute Gasteiger partial charge is 0.369 e. The van der Waals surface area contributed by atoms with Gasteiger partial charge in [0.2, 0.25) is 0 Å². The summed E-state index contributed by atoms with van der Waals surface area (Å²) in [6.45, 7) is 4.28. The average molecular weight is 414 g/mol. The molecule has 1 saturated heterocycles. The number of pyridine rings is 1. The Balaban J connectivity index is 1.40. The highest BCUT2D eigenvalue weighted by molar-refractivity contribution is 5.73. The van der Waals surface area contributed by atoms with Gasteiger partial charge in [-0.05, 0) is 66.6 Å². The number of hydrogen-bond acceptors (Lipinski definition) is 4. The highest BCUT2D eigenvalue weighted by Gasteiger charge is 2.19. The Labute approximate surface area is 181 Å². The summed E-state index contributed by atoms with van der Waals surface area (Å²) in [4.78, 5) is 9.32. The van der Waals surface area contributed by atoms with Crippen molar-refractivity contribution in [3.63, 3.8) is 0 Å². The lowest BCUT2D eigenvalue weighted by Crippen LogP contribution is -2.44. The maximum absolute atomic E-state index is 13.9. The van der Waals surface area contributed by atoms with E-state index in [1.165, 1.54) is 17.8 Å². The third-order valence-corrected chi connectivity index (χ3v) is 6.19. The number of anilines is 1. The van der Waals surface area contributed by atoms with Crippen LogP contribution < -0.4 is 4.90 Å². The van der Waals surface area contributed by atoms with Gasteiger partial charge in [0.1, 0.15) is 11.5 Å². The number of fused-ring (bicyclic) bond motifs is 1. The minimum atomic E-state index is -0.441. The summed E-state index contributed by atoms with van der Waals surface area (Å²) in [5.41, 5.74) is 5.92. The number of imidazole rings is 1. The summed E-state index contributed by atoms with van der Waals surface area (Å²) in [7, 11) is 2.16. The molecular formula is C25H24FN5. The second kappa shape index (κ2) is 8.01. The van der Waals surface area contributed by atoms with Crippen LogP contribution in [0.1, 0.15) is 12.1 Å². The van der Waals surface area contributed by atoms with E-state index in [1.807, 2.05) is 16.7 Å². The Hall–Kier alpha value is -3.43. The molecule has 0 N–H and O–H groups in total. The molecule has 31 heavy (non-hydrogen) atoms. The quantitative estimate of drug-likeness (QED) is 0.633. The van der Waals surface area contributed by atoms with Crippen LogP contribution in [0.3, 0.4) is 0 Å². The van der Waals surface area contributed by atoms with E-state index < -0.39 is 5.92 Å². The van der Waals surface area contributed by atoms with E-state index in [4.69, 9.17) is 0 Å². The Kier molecular flexibility index (Phi) is 5.05. The molecular weight excluding hydrogens is 389 g/mol. The van der Waals surface area contributed by atoms with Crippen molar-refractivity contribution in [3.8, 4) is 17.2 Å². The van der Waals surface area contributed by atoms with Crippen molar-refractivity contribution in [2.75, 3.05) is 38.1 Å². The molecule has 1 aliphatic heterocycles. The monoisotopic (exact) mass is 413 g/mol. The van der Waals surface area contributed by atoms with Crippen LogP contribution in [0, 0.1) is 17.2 Å². The van der Waals surface area contributed by atoms with Crippen LogP contribution >= 0.6 is 0 Å². The molecule has 3 heterocycles. The number of rotatable bonds is 3. The zero-order chi connectivity index (χ0) is 21.4. The lowest BCUT2D eigenvalue weighted by molar-refractivity contribution is 0.313. The first-order chi connectivity index (χ1) is 15.1. The summed E-state index contributed by atoms with van der Waals surface area (Å²) in [5.74, 6) is -0.802. The SMILES string of the molecule is CN1CCN(c2ccc(-c3ccn4c(C5=CC(F)=CC(C#N)C5)cnc4c3)cc2)CC1. The average Bonchev–Trinajstić information content (AvgIpc) is 3.22. The van der Waals surface area contributed by atoms with Gasteiger partial charge in [-0.25, -0.2) is 9.37 Å². The van der Waals surface area contributed by atoms with Crippen LogP contribution in [0.15, 0.2) is 66.8 Å². The summed E-state index contributed by atoms with van der Waals surface area (Å²) < 4.78 is 15.9. The Morgan fingerprint density at radius 2 is 1.84 bits per heavy atom. The molecule has 1 fully saturated rings. The lowest BCUT2D eigenvalue weighted by atomic mass is 9.93. The van der Waals surface area contributed by atoms with Crippen molar-refractivity contribution in [1.29, 1.82) is 5.26 Å². The van der Waals surface area contributed by atoms with Gasteiger partial charge in [0.15, 0.2) is 0 Å². The maximum Gasteiger partial charge on any atom is 0.137 e. The van der Waals surface area contributed by atoms with Crippen LogP contribution in [0.5, 0.6) is 0 Å². The van der Waals surface area contributed by atoms with E-state index in [2.05, 4.69) is 58.2 Å². The van der Waals surface area contributed by atoms with Crippen molar-refractivity contribution in [1.82, 2.24) is 14.3 Å². The third kappa shape index (κ3) is 3.85. The Bertz CT molecular complexity index is 1210. The smallest absolute Gasteiger partial charge is 0.137 e. The van der Waals surface area contributed by atoms with Crippen molar-refractivity contribution in [2.45, 2.75) is 6.42 Å². The molecule has 1 atom stereocenters. The summed E-state index contributed by atoms with van der Waals surface area (Å²) in [6.07, 6.45) is 7.10. The fourth-order valence-electron chi connectivity index (χ4n) is 4.35. The number of benzene rings is 1. The van der Waals surface area contributed by atoms with Crippen molar-refractivity contribution in [2.24, 2.45) is 5.92 Å². The third-order valence-electron chi connectivity index (χ3n) is 6.19. The number of halogens is 1. The predicted octanol–water partition coefficient (Wildman–Crippen LogP) is 4.53. The normalized spacial score (nSPS) is 19.8. The van der Waals surface area contributed by atoms with Crippen molar-refractivity contribution in [3.05, 3.63) is 72.5 Å². The van der Waals surface area contributed by atoms with Gasteiger partial charge in [0, 0.05) is 38.1 Å².